The van der Waals surface area contributed by atoms with E-state index in [0.29, 0.717) is 17.7 Å². The normalized spacial score (nSPS) is 30.2. The molecule has 2 N–H and O–H groups in total. The largest absolute Gasteiger partial charge is 0.508 e. The Kier molecular flexibility index (Phi) is 5.69. The van der Waals surface area contributed by atoms with E-state index in [1.807, 2.05) is 26.0 Å². The molecule has 3 rings (SSSR count). The van der Waals surface area contributed by atoms with Crippen molar-refractivity contribution in [2.45, 2.75) is 64.8 Å². The Hall–Kier alpha value is -1.28. The summed E-state index contributed by atoms with van der Waals surface area (Å²) in [6.07, 6.45) is 9.09. The second-order valence-corrected chi connectivity index (χ2v) is 6.31. The molecule has 0 spiro atoms. The van der Waals surface area contributed by atoms with Gasteiger partial charge in [0.25, 0.3) is 0 Å². The van der Waals surface area contributed by atoms with Crippen molar-refractivity contribution in [3.63, 3.8) is 0 Å². The van der Waals surface area contributed by atoms with Crippen LogP contribution in [0.15, 0.2) is 30.4 Å². The van der Waals surface area contributed by atoms with Gasteiger partial charge in [0, 0.05) is 22.9 Å². The summed E-state index contributed by atoms with van der Waals surface area (Å²) in [5.74, 6) is 0.988. The molecule has 0 amide bonds. The molecule has 2 aliphatic rings. The van der Waals surface area contributed by atoms with Crippen LogP contribution in [0.3, 0.4) is 0 Å². The van der Waals surface area contributed by atoms with Crippen molar-refractivity contribution in [2.75, 3.05) is 6.54 Å². The summed E-state index contributed by atoms with van der Waals surface area (Å²) in [4.78, 5) is 0. The molecule has 1 fully saturated rings. The molecule has 22 heavy (non-hydrogen) atoms. The van der Waals surface area contributed by atoms with Crippen molar-refractivity contribution in [3.05, 3.63) is 41.5 Å². The maximum atomic E-state index is 10.6. The Bertz CT molecular complexity index is 522. The highest BCUT2D eigenvalue weighted by molar-refractivity contribution is 5.47. The number of aromatic hydroxyl groups is 1. The second kappa shape index (κ2) is 7.32. The lowest BCUT2D eigenvalue weighted by atomic mass is 9.58. The van der Waals surface area contributed by atoms with E-state index in [1.165, 1.54) is 11.1 Å². The van der Waals surface area contributed by atoms with Crippen molar-refractivity contribution in [1.82, 2.24) is 5.32 Å². The molecule has 2 heteroatoms. The van der Waals surface area contributed by atoms with Gasteiger partial charge in [-0.05, 0) is 50.8 Å². The number of nitrogens with one attached hydrogen (secondary N) is 1. The first kappa shape index (κ1) is 17.1. The molecule has 0 aromatic heterocycles. The number of rotatable bonds is 2. The number of hydrogen-bond acceptors (Lipinski definition) is 2. The predicted octanol–water partition coefficient (Wildman–Crippen LogP) is 4.57. The van der Waals surface area contributed by atoms with Crippen LogP contribution in [0.5, 0.6) is 5.75 Å². The maximum Gasteiger partial charge on any atom is 0.119 e. The summed E-state index contributed by atoms with van der Waals surface area (Å²) in [5.41, 5.74) is 2.67. The van der Waals surface area contributed by atoms with Gasteiger partial charge in [0.15, 0.2) is 0 Å². The number of hydrogen-bond donors (Lipinski definition) is 2. The van der Waals surface area contributed by atoms with Gasteiger partial charge in [-0.1, -0.05) is 45.1 Å². The van der Waals surface area contributed by atoms with Crippen LogP contribution in [0.4, 0.5) is 0 Å². The lowest BCUT2D eigenvalue weighted by Gasteiger charge is -2.50. The molecule has 3 atom stereocenters. The highest BCUT2D eigenvalue weighted by atomic mass is 16.3. The molecule has 1 heterocycles. The SMILES string of the molecule is CC.CCc1cccc(O)c1C12CCC=CC1C(C)NCC2. The fourth-order valence-corrected chi connectivity index (χ4v) is 4.39. The van der Waals surface area contributed by atoms with Crippen LogP contribution in [-0.4, -0.2) is 17.7 Å². The van der Waals surface area contributed by atoms with Crippen molar-refractivity contribution in [3.8, 4) is 5.75 Å². The number of phenolic OH excluding ortho intramolecular Hbond substituents is 1. The van der Waals surface area contributed by atoms with Crippen LogP contribution >= 0.6 is 0 Å². The molecule has 1 aliphatic heterocycles. The molecule has 122 valence electrons. The first-order valence-electron chi connectivity index (χ1n) is 8.90. The second-order valence-electron chi connectivity index (χ2n) is 6.31. The van der Waals surface area contributed by atoms with Gasteiger partial charge in [-0.25, -0.2) is 0 Å². The third kappa shape index (κ3) is 2.81. The minimum atomic E-state index is 0.121. The lowest BCUT2D eigenvalue weighted by molar-refractivity contribution is 0.168. The molecular formula is C20H31NO. The summed E-state index contributed by atoms with van der Waals surface area (Å²) in [6.45, 7) is 9.51. The van der Waals surface area contributed by atoms with E-state index in [9.17, 15) is 5.11 Å². The van der Waals surface area contributed by atoms with Gasteiger partial charge in [-0.2, -0.15) is 0 Å². The molecule has 1 saturated heterocycles. The molecule has 2 nitrogen and oxygen atoms in total. The van der Waals surface area contributed by atoms with Crippen LogP contribution in [0.2, 0.25) is 0 Å². The number of allylic oxidation sites excluding steroid dienone is 1. The number of phenols is 1. The van der Waals surface area contributed by atoms with E-state index >= 15 is 0 Å². The number of benzene rings is 1. The smallest absolute Gasteiger partial charge is 0.119 e. The Balaban J connectivity index is 0.000000847. The van der Waals surface area contributed by atoms with Crippen molar-refractivity contribution in [2.24, 2.45) is 5.92 Å². The molecule has 1 aromatic carbocycles. The highest BCUT2D eigenvalue weighted by Crippen LogP contribution is 2.50. The van der Waals surface area contributed by atoms with Gasteiger partial charge in [0.05, 0.1) is 0 Å². The molecule has 0 bridgehead atoms. The van der Waals surface area contributed by atoms with E-state index in [0.717, 1.165) is 32.2 Å². The summed E-state index contributed by atoms with van der Waals surface area (Å²) < 4.78 is 0. The zero-order chi connectivity index (χ0) is 16.2. The standard InChI is InChI=1S/C18H25NO.C2H6/c1-3-14-7-6-9-16(20)17(14)18-10-5-4-8-15(18)13(2)19-12-11-18;1-2/h4,6-9,13,15,19-20H,3,5,10-12H2,1-2H3;1-2H3. The Morgan fingerprint density at radius 3 is 2.77 bits per heavy atom. The van der Waals surface area contributed by atoms with Gasteiger partial charge >= 0.3 is 0 Å². The van der Waals surface area contributed by atoms with E-state index in [2.05, 4.69) is 37.4 Å². The monoisotopic (exact) mass is 301 g/mol. The van der Waals surface area contributed by atoms with Gasteiger partial charge in [0.2, 0.25) is 0 Å². The van der Waals surface area contributed by atoms with E-state index in [1.54, 1.807) is 0 Å². The average molecular weight is 301 g/mol. The lowest BCUT2D eigenvalue weighted by Crippen LogP contribution is -2.53. The molecule has 3 unspecified atom stereocenters. The number of piperidine rings is 1. The zero-order valence-electron chi connectivity index (χ0n) is 14.5. The van der Waals surface area contributed by atoms with Crippen LogP contribution in [0.25, 0.3) is 0 Å². The van der Waals surface area contributed by atoms with E-state index in [-0.39, 0.29) is 5.41 Å². The quantitative estimate of drug-likeness (QED) is 0.784. The zero-order valence-corrected chi connectivity index (χ0v) is 14.5. The van der Waals surface area contributed by atoms with E-state index < -0.39 is 0 Å². The molecule has 0 saturated carbocycles. The Morgan fingerprint density at radius 1 is 1.27 bits per heavy atom. The third-order valence-electron chi connectivity index (χ3n) is 5.32. The van der Waals surface area contributed by atoms with Crippen molar-refractivity contribution >= 4 is 0 Å². The predicted molar refractivity (Wildman–Crippen MR) is 94.5 cm³/mol. The number of fused-ring (bicyclic) bond motifs is 1. The minimum Gasteiger partial charge on any atom is -0.508 e. The van der Waals surface area contributed by atoms with Crippen LogP contribution in [-0.2, 0) is 11.8 Å². The number of aryl methyl sites for hydroxylation is 1. The van der Waals surface area contributed by atoms with Crippen LogP contribution in [0.1, 0.15) is 58.1 Å². The first-order chi connectivity index (χ1) is 10.7. The van der Waals surface area contributed by atoms with Crippen LogP contribution in [0, 0.1) is 5.92 Å². The van der Waals surface area contributed by atoms with Gasteiger partial charge in [-0.15, -0.1) is 0 Å². The topological polar surface area (TPSA) is 32.3 Å². The van der Waals surface area contributed by atoms with Gasteiger partial charge in [0.1, 0.15) is 5.75 Å². The fourth-order valence-electron chi connectivity index (χ4n) is 4.39. The average Bonchev–Trinajstić information content (AvgIpc) is 2.56. The Morgan fingerprint density at radius 2 is 2.05 bits per heavy atom. The summed E-state index contributed by atoms with van der Waals surface area (Å²) in [5, 5.41) is 14.1. The maximum absolute atomic E-state index is 10.6. The van der Waals surface area contributed by atoms with E-state index in [4.69, 9.17) is 0 Å². The molecule has 1 aliphatic carbocycles. The van der Waals surface area contributed by atoms with Crippen LogP contribution < -0.4 is 5.32 Å². The first-order valence-corrected chi connectivity index (χ1v) is 8.90. The molecule has 0 radical (unpaired) electrons. The summed E-state index contributed by atoms with van der Waals surface area (Å²) in [6, 6.07) is 6.51. The molecule has 1 aromatic rings. The Labute approximate surface area is 135 Å². The van der Waals surface area contributed by atoms with Crippen molar-refractivity contribution < 1.29 is 5.11 Å². The third-order valence-corrected chi connectivity index (χ3v) is 5.32. The fraction of sp³-hybridized carbons (Fsp3) is 0.600. The highest BCUT2D eigenvalue weighted by Gasteiger charge is 2.46. The molecular weight excluding hydrogens is 270 g/mol. The summed E-state index contributed by atoms with van der Waals surface area (Å²) in [7, 11) is 0. The minimum absolute atomic E-state index is 0.121. The van der Waals surface area contributed by atoms with Gasteiger partial charge in [-0.3, -0.25) is 0 Å². The summed E-state index contributed by atoms with van der Waals surface area (Å²) >= 11 is 0. The van der Waals surface area contributed by atoms with Gasteiger partial charge < -0.3 is 10.4 Å². The van der Waals surface area contributed by atoms with Crippen molar-refractivity contribution in [1.29, 1.82) is 0 Å².